The number of carbonyl (C=O) groups excluding carboxylic acids is 1. The molecule has 3 unspecified atom stereocenters. The second kappa shape index (κ2) is 70.5. The maximum Gasteiger partial charge on any atom is 0.268 e. The van der Waals surface area contributed by atoms with E-state index in [0.29, 0.717) is 17.4 Å². The van der Waals surface area contributed by atoms with Crippen LogP contribution >= 0.6 is 7.82 Å². The SMILES string of the molecule is CC/C=C\C/C=C\C/C=C\C/C=C\C/C=C\C/C=C\C/C=C\CCCCCCCCCCCCCCCCCCCCCC(=O)NC(COP(=O)([O-])OCC[N+](C)(C)C)C(O)/C=C/CC/C=C/CCCCCCCCCCCCCCCCCCCCCCC. The van der Waals surface area contributed by atoms with Crippen LogP contribution in [0.5, 0.6) is 0 Å². The highest BCUT2D eigenvalue weighted by Gasteiger charge is 2.23. The molecule has 3 atom stereocenters. The molecule has 0 fully saturated rings. The number of hydrogen-bond acceptors (Lipinski definition) is 6. The fourth-order valence-corrected chi connectivity index (χ4v) is 11.8. The number of aliphatic hydroxyl groups excluding tert-OH is 1. The lowest BCUT2D eigenvalue weighted by Gasteiger charge is -2.29. The molecule has 1 amide bonds. The molecule has 8 nitrogen and oxygen atoms in total. The molecule has 0 aromatic heterocycles. The van der Waals surface area contributed by atoms with Gasteiger partial charge in [0.25, 0.3) is 7.82 Å². The molecule has 0 saturated carbocycles. The zero-order chi connectivity index (χ0) is 65.5. The number of quaternary nitrogens is 1. The van der Waals surface area contributed by atoms with Gasteiger partial charge in [0.1, 0.15) is 13.2 Å². The van der Waals surface area contributed by atoms with Crippen molar-refractivity contribution in [2.45, 2.75) is 360 Å². The van der Waals surface area contributed by atoms with E-state index < -0.39 is 26.6 Å². The number of rotatable bonds is 70. The van der Waals surface area contributed by atoms with Gasteiger partial charge in [-0.2, -0.15) is 0 Å². The molecule has 0 saturated heterocycles. The van der Waals surface area contributed by atoms with E-state index in [1.807, 2.05) is 27.2 Å². The summed E-state index contributed by atoms with van der Waals surface area (Å²) in [7, 11) is 1.25. The van der Waals surface area contributed by atoms with E-state index in [2.05, 4.69) is 116 Å². The minimum absolute atomic E-state index is 0.00810. The highest BCUT2D eigenvalue weighted by molar-refractivity contribution is 7.45. The van der Waals surface area contributed by atoms with E-state index in [0.717, 1.165) is 83.5 Å². The number of phosphoric acid groups is 1. The molecular weight excluding hydrogens is 1130 g/mol. The van der Waals surface area contributed by atoms with Crippen molar-refractivity contribution in [1.82, 2.24) is 5.32 Å². The predicted octanol–water partition coefficient (Wildman–Crippen LogP) is 24.4. The number of phosphoric ester groups is 1. The van der Waals surface area contributed by atoms with Crippen LogP contribution in [0.25, 0.3) is 0 Å². The number of unbranched alkanes of at least 4 members (excludes halogenated alkanes) is 41. The highest BCUT2D eigenvalue weighted by atomic mass is 31.2. The zero-order valence-corrected chi connectivity index (χ0v) is 60.7. The summed E-state index contributed by atoms with van der Waals surface area (Å²) in [6, 6.07) is -0.909. The molecular formula is C81H147N2O6P. The number of amides is 1. The third kappa shape index (κ3) is 72.6. The minimum Gasteiger partial charge on any atom is -0.756 e. The molecule has 0 radical (unpaired) electrons. The summed E-state index contributed by atoms with van der Waals surface area (Å²) < 4.78 is 23.5. The Hall–Kier alpha value is -2.84. The first-order chi connectivity index (χ1) is 44.0. The lowest BCUT2D eigenvalue weighted by molar-refractivity contribution is -0.870. The number of aliphatic hydroxyl groups is 1. The Morgan fingerprint density at radius 1 is 0.400 bits per heavy atom. The standard InChI is InChI=1S/C81H147N2O6P/c1-6-8-10-12-14-16-18-20-22-24-26-28-30-32-34-35-36-37-38-39-40-41-42-43-44-45-46-47-49-51-53-55-57-59-61-63-65-67-69-71-73-75-81(85)82-79(78-89-90(86,87)88-77-76-83(3,4)5)80(84)74-72-70-68-66-64-62-60-58-56-54-52-50-48-33-31-29-27-25-23-21-19-17-15-13-11-9-7-2/h8,10,14,16,20,22,26,28,32,34,36-37,39-40,64,66,72,74,79-80,84H,6-7,9,11-13,15,17-19,21,23-25,27,29-31,33,35,38,41-63,65,67-71,73,75-78H2,1-5H3,(H-,82,85,86,87)/b10-8-,16-14-,22-20-,28-26-,34-32-,37-36-,40-39-,66-64+,74-72+. The Kier molecular flexibility index (Phi) is 68.3. The molecule has 522 valence electrons. The van der Waals surface area contributed by atoms with Crippen LogP contribution in [0.4, 0.5) is 0 Å². The van der Waals surface area contributed by atoms with E-state index in [-0.39, 0.29) is 12.5 Å². The van der Waals surface area contributed by atoms with Gasteiger partial charge in [-0.15, -0.1) is 0 Å². The van der Waals surface area contributed by atoms with Crippen LogP contribution in [0, 0.1) is 0 Å². The molecule has 0 bridgehead atoms. The molecule has 0 aliphatic heterocycles. The first-order valence-corrected chi connectivity index (χ1v) is 39.7. The van der Waals surface area contributed by atoms with Crippen molar-refractivity contribution in [2.24, 2.45) is 0 Å². The third-order valence-electron chi connectivity index (χ3n) is 17.0. The van der Waals surface area contributed by atoms with Crippen molar-refractivity contribution in [1.29, 1.82) is 0 Å². The van der Waals surface area contributed by atoms with Gasteiger partial charge in [0.2, 0.25) is 5.91 Å². The topological polar surface area (TPSA) is 108 Å². The highest BCUT2D eigenvalue weighted by Crippen LogP contribution is 2.38. The monoisotopic (exact) mass is 1280 g/mol. The number of nitrogens with zero attached hydrogens (tertiary/aromatic N) is 1. The predicted molar refractivity (Wildman–Crippen MR) is 394 cm³/mol. The van der Waals surface area contributed by atoms with Crippen LogP contribution in [-0.4, -0.2) is 68.5 Å². The van der Waals surface area contributed by atoms with Crippen molar-refractivity contribution in [3.63, 3.8) is 0 Å². The summed E-state index contributed by atoms with van der Waals surface area (Å²) >= 11 is 0. The van der Waals surface area contributed by atoms with E-state index >= 15 is 0 Å². The lowest BCUT2D eigenvalue weighted by Crippen LogP contribution is -2.45. The molecule has 0 heterocycles. The summed E-state index contributed by atoms with van der Waals surface area (Å²) in [4.78, 5) is 25.7. The normalized spacial score (nSPS) is 14.2. The van der Waals surface area contributed by atoms with Gasteiger partial charge in [-0.3, -0.25) is 9.36 Å². The molecule has 2 N–H and O–H groups in total. The maximum absolute atomic E-state index is 13.1. The van der Waals surface area contributed by atoms with Gasteiger partial charge in [0, 0.05) is 6.42 Å². The van der Waals surface area contributed by atoms with Crippen molar-refractivity contribution in [2.75, 3.05) is 40.9 Å². The summed E-state index contributed by atoms with van der Waals surface area (Å²) in [5.41, 5.74) is 0. The molecule has 9 heteroatoms. The summed E-state index contributed by atoms with van der Waals surface area (Å²) in [6.07, 6.45) is 104. The molecule has 0 rings (SSSR count). The number of likely N-dealkylation sites (N-methyl/N-ethyl adjacent to an activating group) is 1. The molecule has 90 heavy (non-hydrogen) atoms. The Labute approximate surface area is 559 Å². The van der Waals surface area contributed by atoms with E-state index in [1.54, 1.807) is 6.08 Å². The largest absolute Gasteiger partial charge is 0.756 e. The van der Waals surface area contributed by atoms with Crippen LogP contribution < -0.4 is 10.2 Å². The van der Waals surface area contributed by atoms with Crippen LogP contribution in [0.3, 0.4) is 0 Å². The van der Waals surface area contributed by atoms with Crippen molar-refractivity contribution in [3.05, 3.63) is 109 Å². The average molecular weight is 1280 g/mol. The summed E-state index contributed by atoms with van der Waals surface area (Å²) in [6.45, 7) is 4.55. The van der Waals surface area contributed by atoms with Crippen LogP contribution in [0.1, 0.15) is 348 Å². The third-order valence-corrected chi connectivity index (χ3v) is 17.9. The Bertz CT molecular complexity index is 1840. The summed E-state index contributed by atoms with van der Waals surface area (Å²) in [5, 5.41) is 14.0. The number of nitrogens with one attached hydrogen (secondary N) is 1. The quantitative estimate of drug-likeness (QED) is 0.0272. The number of hydrogen-bond donors (Lipinski definition) is 2. The first-order valence-electron chi connectivity index (χ1n) is 38.2. The van der Waals surface area contributed by atoms with Gasteiger partial charge >= 0.3 is 0 Å². The Morgan fingerprint density at radius 2 is 0.689 bits per heavy atom. The van der Waals surface area contributed by atoms with Gasteiger partial charge in [-0.05, 0) is 89.9 Å². The van der Waals surface area contributed by atoms with Crippen LogP contribution in [0.2, 0.25) is 0 Å². The van der Waals surface area contributed by atoms with Gasteiger partial charge < -0.3 is 28.8 Å². The van der Waals surface area contributed by atoms with Gasteiger partial charge in [-0.25, -0.2) is 0 Å². The maximum atomic E-state index is 13.1. The van der Waals surface area contributed by atoms with E-state index in [9.17, 15) is 19.4 Å². The minimum atomic E-state index is -4.62. The average Bonchev–Trinajstić information content (AvgIpc) is 3.09. The van der Waals surface area contributed by atoms with Gasteiger partial charge in [0.15, 0.2) is 0 Å². The second-order valence-electron chi connectivity index (χ2n) is 27.0. The van der Waals surface area contributed by atoms with Crippen LogP contribution in [0.15, 0.2) is 109 Å². The lowest BCUT2D eigenvalue weighted by atomic mass is 10.0. The van der Waals surface area contributed by atoms with Crippen molar-refractivity contribution < 1.29 is 32.9 Å². The number of allylic oxidation sites excluding steroid dienone is 17. The van der Waals surface area contributed by atoms with E-state index in [1.165, 1.54) is 244 Å². The van der Waals surface area contributed by atoms with Crippen molar-refractivity contribution in [3.8, 4) is 0 Å². The van der Waals surface area contributed by atoms with Gasteiger partial charge in [0.05, 0.1) is 39.9 Å². The molecule has 0 aromatic rings. The molecule has 0 spiro atoms. The Balaban J connectivity index is 4.02. The summed E-state index contributed by atoms with van der Waals surface area (Å²) in [5.74, 6) is -0.204. The fourth-order valence-electron chi connectivity index (χ4n) is 11.1. The molecule has 0 aliphatic rings. The number of carbonyl (C=O) groups is 1. The van der Waals surface area contributed by atoms with Crippen molar-refractivity contribution >= 4 is 13.7 Å². The first kappa shape index (κ1) is 87.2. The second-order valence-corrected chi connectivity index (χ2v) is 28.4. The van der Waals surface area contributed by atoms with Crippen LogP contribution in [-0.2, 0) is 18.4 Å². The van der Waals surface area contributed by atoms with E-state index in [4.69, 9.17) is 9.05 Å². The Morgan fingerprint density at radius 3 is 1.03 bits per heavy atom. The van der Waals surface area contributed by atoms with Gasteiger partial charge in [-0.1, -0.05) is 361 Å². The zero-order valence-electron chi connectivity index (χ0n) is 59.8. The smallest absolute Gasteiger partial charge is 0.268 e. The molecule has 0 aromatic carbocycles. The molecule has 0 aliphatic carbocycles. The fraction of sp³-hybridized carbons (Fsp3) is 0.765.